The van der Waals surface area contributed by atoms with Crippen LogP contribution in [0, 0.1) is 13.8 Å². The first-order valence-electron chi connectivity index (χ1n) is 7.29. The van der Waals surface area contributed by atoms with Crippen LogP contribution in [0.2, 0.25) is 0 Å². The predicted octanol–water partition coefficient (Wildman–Crippen LogP) is 5.11. The van der Waals surface area contributed by atoms with E-state index in [1.54, 1.807) is 24.5 Å². The molecule has 1 aliphatic heterocycles. The number of nitrogens with one attached hydrogen (secondary N) is 1. The molecule has 1 fully saturated rings. The molecule has 1 amide bonds. The molecule has 1 aromatic carbocycles. The maximum absolute atomic E-state index is 12.0. The minimum absolute atomic E-state index is 0.145. The molecule has 1 aliphatic rings. The van der Waals surface area contributed by atoms with E-state index in [9.17, 15) is 4.79 Å². The lowest BCUT2D eigenvalue weighted by Gasteiger charge is -2.04. The zero-order chi connectivity index (χ0) is 17.1. The summed E-state index contributed by atoms with van der Waals surface area (Å²) in [5.74, 6) is 0.596. The lowest BCUT2D eigenvalue weighted by Crippen LogP contribution is -2.19. The summed E-state index contributed by atoms with van der Waals surface area (Å²) in [5, 5.41) is 3.37. The second kappa shape index (κ2) is 7.23. The van der Waals surface area contributed by atoms with Crippen molar-refractivity contribution in [3.8, 4) is 0 Å². The van der Waals surface area contributed by atoms with Gasteiger partial charge in [-0.05, 0) is 73.2 Å². The van der Waals surface area contributed by atoms with Crippen LogP contribution in [0.25, 0.3) is 6.08 Å². The number of aliphatic imine (C=N–C) groups is 1. The number of benzene rings is 1. The molecular weight excluding hydrogens is 388 g/mol. The fraction of sp³-hybridized carbons (Fsp3) is 0.111. The third-order valence-corrected chi connectivity index (χ3v) is 5.53. The monoisotopic (exact) mass is 402 g/mol. The first kappa shape index (κ1) is 16.8. The summed E-state index contributed by atoms with van der Waals surface area (Å²) in [6, 6.07) is 7.63. The Hall–Kier alpha value is -2.05. The van der Waals surface area contributed by atoms with Gasteiger partial charge in [-0.2, -0.15) is 0 Å². The Balaban J connectivity index is 1.77. The summed E-state index contributed by atoms with van der Waals surface area (Å²) < 4.78 is 6.29. The van der Waals surface area contributed by atoms with Crippen LogP contribution in [-0.2, 0) is 4.79 Å². The highest BCUT2D eigenvalue weighted by molar-refractivity contribution is 9.10. The summed E-state index contributed by atoms with van der Waals surface area (Å²) >= 11 is 4.87. The highest BCUT2D eigenvalue weighted by Crippen LogP contribution is 2.30. The molecule has 3 rings (SSSR count). The molecule has 0 aliphatic carbocycles. The van der Waals surface area contributed by atoms with Gasteiger partial charge < -0.3 is 9.73 Å². The Morgan fingerprint density at radius 3 is 2.71 bits per heavy atom. The van der Waals surface area contributed by atoms with Gasteiger partial charge in [-0.1, -0.05) is 22.0 Å². The number of aryl methyl sites for hydroxylation is 2. The average molecular weight is 403 g/mol. The standard InChI is InChI=1S/C18H15BrN2O2S/c1-11-9-13(10-12(2)16(11)19)20-18-21-17(22)15(24-18)7-3-5-14-6-4-8-23-14/h3-10H,1-2H3,(H,20,21,22)/b5-3+,15-7-. The molecular formula is C18H15BrN2O2S. The molecule has 0 unspecified atom stereocenters. The third-order valence-electron chi connectivity index (χ3n) is 3.35. The molecule has 24 heavy (non-hydrogen) atoms. The smallest absolute Gasteiger partial charge is 0.264 e. The molecule has 2 aromatic rings. The number of rotatable bonds is 3. The number of allylic oxidation sites excluding steroid dienone is 2. The quantitative estimate of drug-likeness (QED) is 0.725. The number of nitrogens with zero attached hydrogens (tertiary/aromatic N) is 1. The molecule has 2 heterocycles. The van der Waals surface area contributed by atoms with Gasteiger partial charge in [-0.15, -0.1) is 0 Å². The van der Waals surface area contributed by atoms with E-state index in [2.05, 4.69) is 26.2 Å². The molecule has 122 valence electrons. The Kier molecular flexibility index (Phi) is 5.06. The van der Waals surface area contributed by atoms with Crippen molar-refractivity contribution in [3.05, 3.63) is 68.9 Å². The Labute approximate surface area is 152 Å². The van der Waals surface area contributed by atoms with Gasteiger partial charge in [0.25, 0.3) is 5.91 Å². The summed E-state index contributed by atoms with van der Waals surface area (Å²) in [5.41, 5.74) is 3.05. The van der Waals surface area contributed by atoms with E-state index in [1.165, 1.54) is 11.8 Å². The van der Waals surface area contributed by atoms with Crippen molar-refractivity contribution in [1.29, 1.82) is 0 Å². The number of thioether (sulfide) groups is 1. The first-order chi connectivity index (χ1) is 11.5. The Morgan fingerprint density at radius 1 is 1.29 bits per heavy atom. The number of hydrogen-bond acceptors (Lipinski definition) is 4. The van der Waals surface area contributed by atoms with Crippen LogP contribution in [0.5, 0.6) is 0 Å². The molecule has 1 saturated heterocycles. The number of hydrogen-bond donors (Lipinski definition) is 1. The predicted molar refractivity (Wildman–Crippen MR) is 102 cm³/mol. The summed E-state index contributed by atoms with van der Waals surface area (Å²) in [6.45, 7) is 4.04. The highest BCUT2D eigenvalue weighted by atomic mass is 79.9. The van der Waals surface area contributed by atoms with Crippen LogP contribution in [0.1, 0.15) is 16.9 Å². The van der Waals surface area contributed by atoms with Crippen LogP contribution >= 0.6 is 27.7 Å². The van der Waals surface area contributed by atoms with Gasteiger partial charge in [0.1, 0.15) is 5.76 Å². The SMILES string of the molecule is Cc1cc(N=C2NC(=O)/C(=C/C=C/c3ccco3)S2)cc(C)c1Br. The lowest BCUT2D eigenvalue weighted by atomic mass is 10.1. The van der Waals surface area contributed by atoms with E-state index in [1.807, 2.05) is 38.1 Å². The van der Waals surface area contributed by atoms with Crippen molar-refractivity contribution in [2.24, 2.45) is 4.99 Å². The molecule has 0 radical (unpaired) electrons. The molecule has 0 bridgehead atoms. The van der Waals surface area contributed by atoms with Crippen LogP contribution in [0.3, 0.4) is 0 Å². The van der Waals surface area contributed by atoms with Gasteiger partial charge in [-0.25, -0.2) is 4.99 Å². The Bertz CT molecular complexity index is 844. The summed E-state index contributed by atoms with van der Waals surface area (Å²) in [6.07, 6.45) is 6.95. The van der Waals surface area contributed by atoms with Gasteiger partial charge in [0, 0.05) is 4.47 Å². The van der Waals surface area contributed by atoms with E-state index < -0.39 is 0 Å². The van der Waals surface area contributed by atoms with Crippen molar-refractivity contribution in [2.45, 2.75) is 13.8 Å². The number of carbonyl (C=O) groups is 1. The van der Waals surface area contributed by atoms with Crippen molar-refractivity contribution in [1.82, 2.24) is 5.32 Å². The van der Waals surface area contributed by atoms with E-state index in [0.29, 0.717) is 10.1 Å². The minimum Gasteiger partial charge on any atom is -0.465 e. The minimum atomic E-state index is -0.145. The Morgan fingerprint density at radius 2 is 2.04 bits per heavy atom. The van der Waals surface area contributed by atoms with E-state index in [4.69, 9.17) is 4.42 Å². The molecule has 1 N–H and O–H groups in total. The van der Waals surface area contributed by atoms with Gasteiger partial charge >= 0.3 is 0 Å². The lowest BCUT2D eigenvalue weighted by molar-refractivity contribution is -0.115. The number of amidine groups is 1. The average Bonchev–Trinajstić information content (AvgIpc) is 3.15. The van der Waals surface area contributed by atoms with E-state index >= 15 is 0 Å². The van der Waals surface area contributed by atoms with Crippen LogP contribution < -0.4 is 5.32 Å². The third kappa shape index (κ3) is 3.88. The van der Waals surface area contributed by atoms with E-state index in [-0.39, 0.29) is 5.91 Å². The molecule has 0 spiro atoms. The van der Waals surface area contributed by atoms with Gasteiger partial charge in [0.05, 0.1) is 16.9 Å². The largest absolute Gasteiger partial charge is 0.465 e. The zero-order valence-corrected chi connectivity index (χ0v) is 15.6. The fourth-order valence-corrected chi connectivity index (χ4v) is 3.24. The fourth-order valence-electron chi connectivity index (χ4n) is 2.22. The molecule has 4 nitrogen and oxygen atoms in total. The number of furan rings is 1. The molecule has 6 heteroatoms. The second-order valence-corrected chi connectivity index (χ2v) is 7.10. The first-order valence-corrected chi connectivity index (χ1v) is 8.90. The van der Waals surface area contributed by atoms with Crippen molar-refractivity contribution < 1.29 is 9.21 Å². The molecule has 0 atom stereocenters. The number of halogens is 1. The number of amides is 1. The zero-order valence-electron chi connectivity index (χ0n) is 13.2. The highest BCUT2D eigenvalue weighted by Gasteiger charge is 2.23. The van der Waals surface area contributed by atoms with Crippen molar-refractivity contribution in [3.63, 3.8) is 0 Å². The van der Waals surface area contributed by atoms with Crippen molar-refractivity contribution in [2.75, 3.05) is 0 Å². The van der Waals surface area contributed by atoms with Crippen LogP contribution in [0.15, 0.2) is 61.5 Å². The molecule has 0 saturated carbocycles. The maximum atomic E-state index is 12.0. The van der Waals surface area contributed by atoms with Gasteiger partial charge in [-0.3, -0.25) is 4.79 Å². The summed E-state index contributed by atoms with van der Waals surface area (Å²) in [4.78, 5) is 17.1. The van der Waals surface area contributed by atoms with Crippen molar-refractivity contribution >= 4 is 50.5 Å². The van der Waals surface area contributed by atoms with Crippen LogP contribution in [0.4, 0.5) is 5.69 Å². The summed E-state index contributed by atoms with van der Waals surface area (Å²) in [7, 11) is 0. The number of carbonyl (C=O) groups excluding carboxylic acids is 1. The van der Waals surface area contributed by atoms with E-state index in [0.717, 1.165) is 27.0 Å². The second-order valence-electron chi connectivity index (χ2n) is 5.27. The van der Waals surface area contributed by atoms with Gasteiger partial charge in [0.2, 0.25) is 0 Å². The normalized spacial score (nSPS) is 18.0. The van der Waals surface area contributed by atoms with Crippen LogP contribution in [-0.4, -0.2) is 11.1 Å². The topological polar surface area (TPSA) is 54.6 Å². The molecule has 1 aromatic heterocycles. The maximum Gasteiger partial charge on any atom is 0.264 e. The van der Waals surface area contributed by atoms with Gasteiger partial charge in [0.15, 0.2) is 5.17 Å².